The second kappa shape index (κ2) is 5.81. The average molecular weight is 278 g/mol. The summed E-state index contributed by atoms with van der Waals surface area (Å²) in [4.78, 5) is 8.68. The highest BCUT2D eigenvalue weighted by atomic mass is 19.2. The monoisotopic (exact) mass is 278 g/mol. The maximum Gasteiger partial charge on any atom is 0.160 e. The van der Waals surface area contributed by atoms with Gasteiger partial charge in [0.1, 0.15) is 17.5 Å². The van der Waals surface area contributed by atoms with Crippen LogP contribution in [0.5, 0.6) is 0 Å². The fourth-order valence-electron chi connectivity index (χ4n) is 1.64. The Bertz CT molecular complexity index is 614. The summed E-state index contributed by atoms with van der Waals surface area (Å²) in [5.41, 5.74) is 0.430. The molecule has 1 aromatic heterocycles. The quantitative estimate of drug-likeness (QED) is 0.896. The van der Waals surface area contributed by atoms with Crippen molar-refractivity contribution in [1.29, 1.82) is 0 Å². The first-order chi connectivity index (χ1) is 9.49. The van der Waals surface area contributed by atoms with Crippen molar-refractivity contribution >= 4 is 17.3 Å². The van der Waals surface area contributed by atoms with Crippen molar-refractivity contribution in [2.24, 2.45) is 0 Å². The van der Waals surface area contributed by atoms with Crippen molar-refractivity contribution < 1.29 is 8.78 Å². The molecule has 0 spiro atoms. The van der Waals surface area contributed by atoms with E-state index in [1.54, 1.807) is 13.1 Å². The van der Waals surface area contributed by atoms with Gasteiger partial charge in [-0.15, -0.1) is 0 Å². The number of benzene rings is 1. The van der Waals surface area contributed by atoms with Gasteiger partial charge in [-0.3, -0.25) is 0 Å². The van der Waals surface area contributed by atoms with E-state index >= 15 is 0 Å². The molecule has 0 aliphatic rings. The molecule has 6 heteroatoms. The molecule has 0 bridgehead atoms. The fourth-order valence-corrected chi connectivity index (χ4v) is 1.64. The molecule has 0 saturated carbocycles. The molecule has 0 aliphatic carbocycles. The largest absolute Gasteiger partial charge is 0.373 e. The van der Waals surface area contributed by atoms with Crippen LogP contribution in [0.25, 0.3) is 0 Å². The molecule has 0 fully saturated rings. The Balaban J connectivity index is 2.32. The molecule has 2 N–H and O–H groups in total. The lowest BCUT2D eigenvalue weighted by atomic mass is 10.2. The third kappa shape index (κ3) is 3.20. The molecule has 2 aromatic rings. The number of anilines is 3. The Morgan fingerprint density at radius 2 is 1.70 bits per heavy atom. The number of aromatic nitrogens is 2. The number of hydrogen-bond acceptors (Lipinski definition) is 4. The van der Waals surface area contributed by atoms with Gasteiger partial charge < -0.3 is 10.6 Å². The molecule has 20 heavy (non-hydrogen) atoms. The topological polar surface area (TPSA) is 49.8 Å². The van der Waals surface area contributed by atoms with Gasteiger partial charge in [0.05, 0.1) is 0 Å². The van der Waals surface area contributed by atoms with Crippen LogP contribution < -0.4 is 10.6 Å². The molecule has 1 heterocycles. The summed E-state index contributed by atoms with van der Waals surface area (Å²) in [7, 11) is 1.76. The molecule has 0 saturated heterocycles. The Morgan fingerprint density at radius 1 is 1.00 bits per heavy atom. The number of rotatable bonds is 4. The zero-order valence-electron chi connectivity index (χ0n) is 11.5. The van der Waals surface area contributed by atoms with Gasteiger partial charge in [-0.05, 0) is 12.1 Å². The summed E-state index contributed by atoms with van der Waals surface area (Å²) >= 11 is 0. The van der Waals surface area contributed by atoms with E-state index in [0.29, 0.717) is 23.1 Å². The Kier molecular flexibility index (Phi) is 4.12. The summed E-state index contributed by atoms with van der Waals surface area (Å²) in [5.74, 6) is 0.238. The Morgan fingerprint density at radius 3 is 2.30 bits per heavy atom. The van der Waals surface area contributed by atoms with Crippen LogP contribution in [-0.2, 0) is 0 Å². The van der Waals surface area contributed by atoms with E-state index in [-0.39, 0.29) is 5.92 Å². The van der Waals surface area contributed by atoms with E-state index in [9.17, 15) is 8.78 Å². The van der Waals surface area contributed by atoms with Gasteiger partial charge in [0, 0.05) is 30.8 Å². The molecule has 4 nitrogen and oxygen atoms in total. The van der Waals surface area contributed by atoms with E-state index in [1.807, 2.05) is 13.8 Å². The van der Waals surface area contributed by atoms with Gasteiger partial charge in [-0.25, -0.2) is 18.7 Å². The summed E-state index contributed by atoms with van der Waals surface area (Å²) in [5, 5.41) is 5.89. The van der Waals surface area contributed by atoms with Crippen LogP contribution in [0, 0.1) is 11.6 Å². The number of nitrogens with one attached hydrogen (secondary N) is 2. The van der Waals surface area contributed by atoms with Crippen LogP contribution in [0.2, 0.25) is 0 Å². The second-order valence-electron chi connectivity index (χ2n) is 4.66. The van der Waals surface area contributed by atoms with Gasteiger partial charge >= 0.3 is 0 Å². The minimum Gasteiger partial charge on any atom is -0.373 e. The van der Waals surface area contributed by atoms with Crippen LogP contribution in [0.15, 0.2) is 24.3 Å². The highest BCUT2D eigenvalue weighted by Crippen LogP contribution is 2.21. The standard InChI is InChI=1S/C14H16F2N4/c1-8(2)14-19-12(17-3)7-13(20-14)18-9-4-5-10(15)11(16)6-9/h4-8H,1-3H3,(H2,17,18,19,20). The third-order valence-corrected chi connectivity index (χ3v) is 2.71. The Hall–Kier alpha value is -2.24. The summed E-state index contributed by atoms with van der Waals surface area (Å²) in [6.07, 6.45) is 0. The lowest BCUT2D eigenvalue weighted by molar-refractivity contribution is 0.509. The van der Waals surface area contributed by atoms with Crippen LogP contribution in [0.3, 0.4) is 0 Å². The molecule has 0 amide bonds. The molecule has 0 atom stereocenters. The van der Waals surface area contributed by atoms with Gasteiger partial charge in [0.2, 0.25) is 0 Å². The van der Waals surface area contributed by atoms with Crippen molar-refractivity contribution in [3.63, 3.8) is 0 Å². The van der Waals surface area contributed by atoms with Crippen LogP contribution >= 0.6 is 0 Å². The van der Waals surface area contributed by atoms with Crippen molar-refractivity contribution in [2.45, 2.75) is 19.8 Å². The van der Waals surface area contributed by atoms with Gasteiger partial charge in [0.15, 0.2) is 11.6 Å². The van der Waals surface area contributed by atoms with E-state index < -0.39 is 11.6 Å². The van der Waals surface area contributed by atoms with Crippen LogP contribution in [0.4, 0.5) is 26.1 Å². The molecular formula is C14H16F2N4. The molecule has 2 rings (SSSR count). The van der Waals surface area contributed by atoms with E-state index in [1.165, 1.54) is 6.07 Å². The van der Waals surface area contributed by atoms with Gasteiger partial charge in [0.25, 0.3) is 0 Å². The predicted molar refractivity (Wildman–Crippen MR) is 75.3 cm³/mol. The number of nitrogens with zero attached hydrogens (tertiary/aromatic N) is 2. The first-order valence-corrected chi connectivity index (χ1v) is 6.28. The molecule has 0 unspecified atom stereocenters. The van der Waals surface area contributed by atoms with Crippen molar-refractivity contribution in [2.75, 3.05) is 17.7 Å². The highest BCUT2D eigenvalue weighted by Gasteiger charge is 2.09. The van der Waals surface area contributed by atoms with Crippen molar-refractivity contribution in [3.8, 4) is 0 Å². The first-order valence-electron chi connectivity index (χ1n) is 6.28. The minimum absolute atomic E-state index is 0.161. The molecule has 0 radical (unpaired) electrons. The smallest absolute Gasteiger partial charge is 0.160 e. The molecule has 106 valence electrons. The molecule has 0 aliphatic heterocycles. The lowest BCUT2D eigenvalue weighted by Gasteiger charge is -2.11. The second-order valence-corrected chi connectivity index (χ2v) is 4.66. The molecule has 1 aromatic carbocycles. The maximum atomic E-state index is 13.2. The van der Waals surface area contributed by atoms with E-state index in [0.717, 1.165) is 12.1 Å². The maximum absolute atomic E-state index is 13.2. The molecular weight excluding hydrogens is 262 g/mol. The van der Waals surface area contributed by atoms with Gasteiger partial charge in [-0.1, -0.05) is 13.8 Å². The van der Waals surface area contributed by atoms with Crippen LogP contribution in [-0.4, -0.2) is 17.0 Å². The number of halogens is 2. The number of hydrogen-bond donors (Lipinski definition) is 2. The minimum atomic E-state index is -0.901. The fraction of sp³-hybridized carbons (Fsp3) is 0.286. The van der Waals surface area contributed by atoms with Crippen molar-refractivity contribution in [1.82, 2.24) is 9.97 Å². The average Bonchev–Trinajstić information content (AvgIpc) is 2.42. The first kappa shape index (κ1) is 14.2. The summed E-state index contributed by atoms with van der Waals surface area (Å²) < 4.78 is 26.1. The van der Waals surface area contributed by atoms with Gasteiger partial charge in [-0.2, -0.15) is 0 Å². The zero-order chi connectivity index (χ0) is 14.7. The predicted octanol–water partition coefficient (Wildman–Crippen LogP) is 3.66. The summed E-state index contributed by atoms with van der Waals surface area (Å²) in [6, 6.07) is 5.31. The third-order valence-electron chi connectivity index (χ3n) is 2.71. The highest BCUT2D eigenvalue weighted by molar-refractivity contribution is 5.59. The summed E-state index contributed by atoms with van der Waals surface area (Å²) in [6.45, 7) is 3.96. The zero-order valence-corrected chi connectivity index (χ0v) is 11.5. The Labute approximate surface area is 116 Å². The lowest BCUT2D eigenvalue weighted by Crippen LogP contribution is -2.05. The van der Waals surface area contributed by atoms with Crippen molar-refractivity contribution in [3.05, 3.63) is 41.7 Å². The van der Waals surface area contributed by atoms with E-state index in [2.05, 4.69) is 20.6 Å². The SMILES string of the molecule is CNc1cc(Nc2ccc(F)c(F)c2)nc(C(C)C)n1. The van der Waals surface area contributed by atoms with Crippen LogP contribution in [0.1, 0.15) is 25.6 Å². The normalized spacial score (nSPS) is 10.7. The van der Waals surface area contributed by atoms with E-state index in [4.69, 9.17) is 0 Å².